The smallest absolute Gasteiger partial charge is 0.130 e. The Morgan fingerprint density at radius 2 is 1.54 bits per heavy atom. The fraction of sp³-hybridized carbons (Fsp3) is 0.280. The minimum atomic E-state index is -0.139. The molecule has 0 amide bonds. The van der Waals surface area contributed by atoms with Crippen molar-refractivity contribution < 1.29 is 9.13 Å². The van der Waals surface area contributed by atoms with Crippen molar-refractivity contribution in [3.8, 4) is 5.75 Å². The van der Waals surface area contributed by atoms with E-state index in [0.717, 1.165) is 35.0 Å². The zero-order chi connectivity index (χ0) is 20.0. The number of hydrogen-bond acceptors (Lipinski definition) is 1. The van der Waals surface area contributed by atoms with E-state index in [-0.39, 0.29) is 11.0 Å². The Morgan fingerprint density at radius 3 is 2.21 bits per heavy atom. The summed E-state index contributed by atoms with van der Waals surface area (Å²) in [7, 11) is 0.351. The van der Waals surface area contributed by atoms with Crippen LogP contribution in [0.5, 0.6) is 5.75 Å². The van der Waals surface area contributed by atoms with Gasteiger partial charge in [-0.3, -0.25) is 0 Å². The van der Waals surface area contributed by atoms with E-state index in [4.69, 9.17) is 4.74 Å². The van der Waals surface area contributed by atoms with Crippen molar-refractivity contribution in [2.24, 2.45) is 0 Å². The van der Waals surface area contributed by atoms with Crippen LogP contribution in [0.25, 0.3) is 0 Å². The maximum Gasteiger partial charge on any atom is 0.130 e. The molecule has 3 aromatic rings. The second kappa shape index (κ2) is 9.34. The van der Waals surface area contributed by atoms with Gasteiger partial charge in [0.1, 0.15) is 18.2 Å². The van der Waals surface area contributed by atoms with Crippen molar-refractivity contribution in [2.45, 2.75) is 45.4 Å². The monoisotopic (exact) mass is 394 g/mol. The molecule has 0 aliphatic heterocycles. The lowest BCUT2D eigenvalue weighted by atomic mass is 9.90. The van der Waals surface area contributed by atoms with E-state index in [1.54, 1.807) is 12.1 Å². The highest BCUT2D eigenvalue weighted by molar-refractivity contribution is 7.48. The number of hydrogen-bond donors (Lipinski definition) is 0. The van der Waals surface area contributed by atoms with Gasteiger partial charge in [0.2, 0.25) is 0 Å². The van der Waals surface area contributed by atoms with Crippen LogP contribution in [0.3, 0.4) is 0 Å². The summed E-state index contributed by atoms with van der Waals surface area (Å²) in [6, 6.07) is 23.7. The Kier molecular flexibility index (Phi) is 6.86. The van der Waals surface area contributed by atoms with Crippen LogP contribution in [0.4, 0.5) is 4.39 Å². The SMILES string of the molecule is CCC(CC)(Pc1ccccc1F)c1cccc(C)c1OCc1ccccc1. The third kappa shape index (κ3) is 4.45. The Balaban J connectivity index is 1.98. The lowest BCUT2D eigenvalue weighted by molar-refractivity contribution is 0.296. The molecular formula is C25H28FOP. The molecule has 28 heavy (non-hydrogen) atoms. The predicted octanol–water partition coefficient (Wildman–Crippen LogP) is 6.73. The molecule has 0 aromatic heterocycles. The van der Waals surface area contributed by atoms with Crippen molar-refractivity contribution >= 4 is 13.9 Å². The van der Waals surface area contributed by atoms with Crippen LogP contribution < -0.4 is 10.0 Å². The van der Waals surface area contributed by atoms with Gasteiger partial charge in [0, 0.05) is 16.0 Å². The maximum absolute atomic E-state index is 14.4. The Hall–Kier alpha value is -2.18. The van der Waals surface area contributed by atoms with E-state index in [9.17, 15) is 4.39 Å². The molecule has 0 bridgehead atoms. The summed E-state index contributed by atoms with van der Waals surface area (Å²) < 4.78 is 20.8. The fourth-order valence-corrected chi connectivity index (χ4v) is 5.23. The first-order chi connectivity index (χ1) is 13.6. The van der Waals surface area contributed by atoms with Gasteiger partial charge in [-0.05, 0) is 37.0 Å². The molecule has 0 saturated heterocycles. The number of halogens is 1. The average Bonchev–Trinajstić information content (AvgIpc) is 2.73. The third-order valence-electron chi connectivity index (χ3n) is 5.41. The summed E-state index contributed by atoms with van der Waals surface area (Å²) in [4.78, 5) is 0. The van der Waals surface area contributed by atoms with Crippen LogP contribution in [0.15, 0.2) is 72.8 Å². The number of ether oxygens (including phenoxy) is 1. The highest BCUT2D eigenvalue weighted by Gasteiger charge is 2.33. The molecule has 1 atom stereocenters. The van der Waals surface area contributed by atoms with E-state index in [0.29, 0.717) is 15.2 Å². The second-order valence-electron chi connectivity index (χ2n) is 7.12. The van der Waals surface area contributed by atoms with Gasteiger partial charge in [0.15, 0.2) is 0 Å². The van der Waals surface area contributed by atoms with Crippen LogP contribution in [-0.4, -0.2) is 0 Å². The molecule has 0 heterocycles. The van der Waals surface area contributed by atoms with Gasteiger partial charge >= 0.3 is 0 Å². The van der Waals surface area contributed by atoms with Crippen LogP contribution in [0.2, 0.25) is 0 Å². The predicted molar refractivity (Wildman–Crippen MR) is 119 cm³/mol. The quantitative estimate of drug-likeness (QED) is 0.385. The molecule has 0 radical (unpaired) electrons. The number of benzene rings is 3. The molecule has 0 N–H and O–H groups in total. The standard InChI is InChI=1S/C25H28FOP/c1-4-25(5-2,28-23-17-10-9-16-22(23)26)21-15-11-12-19(3)24(21)27-18-20-13-7-6-8-14-20/h6-17,28H,4-5,18H2,1-3H3. The van der Waals surface area contributed by atoms with E-state index in [1.807, 2.05) is 30.3 Å². The van der Waals surface area contributed by atoms with Crippen molar-refractivity contribution in [2.75, 3.05) is 0 Å². The summed E-state index contributed by atoms with van der Waals surface area (Å²) in [6.45, 7) is 7.01. The first-order valence-electron chi connectivity index (χ1n) is 9.89. The zero-order valence-electron chi connectivity index (χ0n) is 16.8. The minimum absolute atomic E-state index is 0.119. The molecule has 1 unspecified atom stereocenters. The highest BCUT2D eigenvalue weighted by Crippen LogP contribution is 2.51. The molecule has 0 spiro atoms. The van der Waals surface area contributed by atoms with Crippen molar-refractivity contribution in [3.63, 3.8) is 0 Å². The van der Waals surface area contributed by atoms with Crippen molar-refractivity contribution in [1.82, 2.24) is 0 Å². The summed E-state index contributed by atoms with van der Waals surface area (Å²) in [5.41, 5.74) is 3.46. The molecule has 3 heteroatoms. The highest BCUT2D eigenvalue weighted by atomic mass is 31.1. The summed E-state index contributed by atoms with van der Waals surface area (Å²) in [6.07, 6.45) is 1.86. The van der Waals surface area contributed by atoms with Crippen LogP contribution in [0.1, 0.15) is 43.4 Å². The molecule has 146 valence electrons. The van der Waals surface area contributed by atoms with Gasteiger partial charge in [0.25, 0.3) is 0 Å². The Bertz CT molecular complexity index is 903. The van der Waals surface area contributed by atoms with Crippen LogP contribution >= 0.6 is 8.58 Å². The molecule has 3 rings (SSSR count). The molecule has 0 aliphatic rings. The minimum Gasteiger partial charge on any atom is -0.488 e. The molecule has 0 aliphatic carbocycles. The first-order valence-corrected chi connectivity index (χ1v) is 10.9. The van der Waals surface area contributed by atoms with E-state index in [2.05, 4.69) is 51.1 Å². The normalized spacial score (nSPS) is 11.9. The molecule has 1 nitrogen and oxygen atoms in total. The maximum atomic E-state index is 14.4. The van der Waals surface area contributed by atoms with E-state index in [1.165, 1.54) is 5.56 Å². The lowest BCUT2D eigenvalue weighted by Crippen LogP contribution is -2.24. The lowest BCUT2D eigenvalue weighted by Gasteiger charge is -2.34. The average molecular weight is 394 g/mol. The number of para-hydroxylation sites is 1. The van der Waals surface area contributed by atoms with Crippen LogP contribution in [0, 0.1) is 12.7 Å². The van der Waals surface area contributed by atoms with Gasteiger partial charge in [-0.1, -0.05) is 89.2 Å². The van der Waals surface area contributed by atoms with Crippen LogP contribution in [-0.2, 0) is 11.8 Å². The Morgan fingerprint density at radius 1 is 0.857 bits per heavy atom. The second-order valence-corrected chi connectivity index (χ2v) is 8.87. The topological polar surface area (TPSA) is 9.23 Å². The summed E-state index contributed by atoms with van der Waals surface area (Å²) in [5.74, 6) is 0.824. The van der Waals surface area contributed by atoms with Gasteiger partial charge in [0.05, 0.1) is 0 Å². The van der Waals surface area contributed by atoms with E-state index >= 15 is 0 Å². The summed E-state index contributed by atoms with van der Waals surface area (Å²) >= 11 is 0. The van der Waals surface area contributed by atoms with Gasteiger partial charge in [-0.2, -0.15) is 0 Å². The third-order valence-corrected chi connectivity index (χ3v) is 7.54. The number of aryl methyl sites for hydroxylation is 1. The molecule has 0 fully saturated rings. The van der Waals surface area contributed by atoms with Gasteiger partial charge < -0.3 is 4.74 Å². The largest absolute Gasteiger partial charge is 0.488 e. The molecular weight excluding hydrogens is 366 g/mol. The van der Waals surface area contributed by atoms with Crippen molar-refractivity contribution in [3.05, 3.63) is 95.3 Å². The van der Waals surface area contributed by atoms with E-state index < -0.39 is 0 Å². The zero-order valence-corrected chi connectivity index (χ0v) is 17.8. The molecule has 3 aromatic carbocycles. The van der Waals surface area contributed by atoms with Gasteiger partial charge in [-0.15, -0.1) is 0 Å². The summed E-state index contributed by atoms with van der Waals surface area (Å²) in [5, 5.41) is 0.655. The number of rotatable bonds is 8. The fourth-order valence-electron chi connectivity index (χ4n) is 3.65. The molecule has 0 saturated carbocycles. The first kappa shape index (κ1) is 20.6. The van der Waals surface area contributed by atoms with Crippen molar-refractivity contribution in [1.29, 1.82) is 0 Å². The Labute approximate surface area is 169 Å². The van der Waals surface area contributed by atoms with Gasteiger partial charge in [-0.25, -0.2) is 4.39 Å².